The van der Waals surface area contributed by atoms with Gasteiger partial charge in [0.05, 0.1) is 0 Å². The summed E-state index contributed by atoms with van der Waals surface area (Å²) < 4.78 is 0. The Balaban J connectivity index is 1.74. The van der Waals surface area contributed by atoms with Gasteiger partial charge in [0.1, 0.15) is 0 Å². The normalized spacial score (nSPS) is 33.7. The lowest BCUT2D eigenvalue weighted by molar-refractivity contribution is 0.220. The van der Waals surface area contributed by atoms with Crippen LogP contribution in [0.1, 0.15) is 63.3 Å². The van der Waals surface area contributed by atoms with Crippen molar-refractivity contribution in [2.45, 2.75) is 64.5 Å². The lowest BCUT2D eigenvalue weighted by atomic mass is 9.79. The number of hydrogen-bond donors (Lipinski definition) is 2. The summed E-state index contributed by atoms with van der Waals surface area (Å²) in [5.41, 5.74) is 2.50. The number of nitrogens with one attached hydrogen (secondary N) is 2. The summed E-state index contributed by atoms with van der Waals surface area (Å²) in [5.74, 6) is 1.66. The van der Waals surface area contributed by atoms with Crippen molar-refractivity contribution in [2.24, 2.45) is 11.8 Å². The summed E-state index contributed by atoms with van der Waals surface area (Å²) in [6.07, 6.45) is 7.33. The number of hydrogen-bond acceptors (Lipinski definition) is 2. The third-order valence-electron chi connectivity index (χ3n) is 4.95. The molecule has 110 valence electrons. The molecule has 1 aromatic rings. The third kappa shape index (κ3) is 2.98. The first-order valence-corrected chi connectivity index (χ1v) is 8.10. The van der Waals surface area contributed by atoms with Gasteiger partial charge in [0.15, 0.2) is 0 Å². The number of H-pyrrole nitrogens is 1. The van der Waals surface area contributed by atoms with Crippen molar-refractivity contribution in [3.05, 3.63) is 33.7 Å². The third-order valence-corrected chi connectivity index (χ3v) is 4.95. The van der Waals surface area contributed by atoms with Gasteiger partial charge in [-0.25, -0.2) is 0 Å². The van der Waals surface area contributed by atoms with E-state index in [-0.39, 0.29) is 5.56 Å². The summed E-state index contributed by atoms with van der Waals surface area (Å²) >= 11 is 0. The highest BCUT2D eigenvalue weighted by molar-refractivity contribution is 5.26. The maximum absolute atomic E-state index is 11.4. The van der Waals surface area contributed by atoms with E-state index >= 15 is 0 Å². The van der Waals surface area contributed by atoms with Gasteiger partial charge in [0.2, 0.25) is 5.56 Å². The van der Waals surface area contributed by atoms with Crippen LogP contribution in [0.25, 0.3) is 0 Å². The fourth-order valence-electron chi connectivity index (χ4n) is 4.24. The molecule has 0 radical (unpaired) electrons. The molecule has 1 aromatic heterocycles. The molecule has 3 nitrogen and oxygen atoms in total. The molecule has 0 spiro atoms. The van der Waals surface area contributed by atoms with Crippen LogP contribution in [-0.4, -0.2) is 11.0 Å². The summed E-state index contributed by atoms with van der Waals surface area (Å²) in [6, 6.07) is 4.76. The molecule has 3 heteroatoms. The predicted octanol–water partition coefficient (Wildman–Crippen LogP) is 3.17. The molecule has 0 saturated heterocycles. The quantitative estimate of drug-likeness (QED) is 0.870. The molecule has 1 saturated carbocycles. The van der Waals surface area contributed by atoms with Crippen LogP contribution in [0.5, 0.6) is 0 Å². The monoisotopic (exact) mass is 274 g/mol. The summed E-state index contributed by atoms with van der Waals surface area (Å²) in [7, 11) is 0. The van der Waals surface area contributed by atoms with Gasteiger partial charge in [-0.3, -0.25) is 4.79 Å². The highest BCUT2D eigenvalue weighted by Crippen LogP contribution is 2.33. The Hall–Kier alpha value is -1.09. The molecule has 0 bridgehead atoms. The van der Waals surface area contributed by atoms with Gasteiger partial charge in [-0.15, -0.1) is 0 Å². The number of rotatable bonds is 2. The fourth-order valence-corrected chi connectivity index (χ4v) is 4.24. The van der Waals surface area contributed by atoms with Crippen molar-refractivity contribution < 1.29 is 0 Å². The highest BCUT2D eigenvalue weighted by atomic mass is 16.1. The van der Waals surface area contributed by atoms with Crippen LogP contribution >= 0.6 is 0 Å². The van der Waals surface area contributed by atoms with Gasteiger partial charge >= 0.3 is 0 Å². The first kappa shape index (κ1) is 13.9. The minimum absolute atomic E-state index is 0.0318. The van der Waals surface area contributed by atoms with E-state index in [1.54, 1.807) is 6.07 Å². The van der Waals surface area contributed by atoms with Crippen LogP contribution < -0.4 is 10.9 Å². The Bertz CT molecular complexity index is 512. The Morgan fingerprint density at radius 2 is 1.90 bits per heavy atom. The number of aryl methyl sites for hydroxylation is 1. The maximum Gasteiger partial charge on any atom is 0.248 e. The molecule has 20 heavy (non-hydrogen) atoms. The second-order valence-electron chi connectivity index (χ2n) is 6.98. The molecule has 3 rings (SSSR count). The van der Waals surface area contributed by atoms with E-state index in [4.69, 9.17) is 0 Å². The van der Waals surface area contributed by atoms with Crippen molar-refractivity contribution in [1.29, 1.82) is 0 Å². The van der Waals surface area contributed by atoms with Crippen LogP contribution in [0.2, 0.25) is 0 Å². The molecule has 2 N–H and O–H groups in total. The maximum atomic E-state index is 11.4. The van der Waals surface area contributed by atoms with Crippen molar-refractivity contribution in [3.8, 4) is 0 Å². The minimum atomic E-state index is 0.0318. The topological polar surface area (TPSA) is 44.9 Å². The average Bonchev–Trinajstić information content (AvgIpc) is 2.37. The smallest absolute Gasteiger partial charge is 0.248 e. The van der Waals surface area contributed by atoms with Gasteiger partial charge in [-0.1, -0.05) is 19.9 Å². The Kier molecular flexibility index (Phi) is 3.97. The summed E-state index contributed by atoms with van der Waals surface area (Å²) in [4.78, 5) is 14.5. The van der Waals surface area contributed by atoms with E-state index in [0.717, 1.165) is 24.0 Å². The van der Waals surface area contributed by atoms with Crippen LogP contribution in [0, 0.1) is 11.8 Å². The minimum Gasteiger partial charge on any atom is -0.326 e. The van der Waals surface area contributed by atoms with E-state index in [1.165, 1.54) is 37.7 Å². The van der Waals surface area contributed by atoms with Gasteiger partial charge < -0.3 is 10.3 Å². The zero-order chi connectivity index (χ0) is 14.1. The van der Waals surface area contributed by atoms with E-state index in [1.807, 2.05) is 6.07 Å². The lowest BCUT2D eigenvalue weighted by Crippen LogP contribution is -2.40. The summed E-state index contributed by atoms with van der Waals surface area (Å²) in [5, 5.41) is 3.87. The molecule has 1 heterocycles. The first-order valence-electron chi connectivity index (χ1n) is 8.10. The molecule has 2 aliphatic rings. The highest BCUT2D eigenvalue weighted by Gasteiger charge is 2.28. The molecule has 0 amide bonds. The number of aromatic amines is 1. The number of pyridine rings is 1. The number of aromatic nitrogens is 1. The van der Waals surface area contributed by atoms with Gasteiger partial charge in [-0.2, -0.15) is 0 Å². The van der Waals surface area contributed by atoms with Crippen molar-refractivity contribution in [3.63, 3.8) is 0 Å². The molecule has 3 unspecified atom stereocenters. The zero-order valence-corrected chi connectivity index (χ0v) is 12.6. The molecule has 2 aliphatic carbocycles. The molecular formula is C17H26N2O. The molecule has 0 aliphatic heterocycles. The SMILES string of the molecule is CC1CC(C)CC(NC2CCCc3[nH]c(=O)ccc32)C1. The lowest BCUT2D eigenvalue weighted by Gasteiger charge is -2.36. The molecule has 1 fully saturated rings. The van der Waals surface area contributed by atoms with Gasteiger partial charge in [-0.05, 0) is 55.9 Å². The Morgan fingerprint density at radius 3 is 2.65 bits per heavy atom. The van der Waals surface area contributed by atoms with Crippen LogP contribution in [-0.2, 0) is 6.42 Å². The van der Waals surface area contributed by atoms with Crippen molar-refractivity contribution >= 4 is 0 Å². The van der Waals surface area contributed by atoms with Gasteiger partial charge in [0, 0.05) is 23.8 Å². The van der Waals surface area contributed by atoms with E-state index < -0.39 is 0 Å². The van der Waals surface area contributed by atoms with Crippen molar-refractivity contribution in [2.75, 3.05) is 0 Å². The average molecular weight is 274 g/mol. The molecular weight excluding hydrogens is 248 g/mol. The number of fused-ring (bicyclic) bond motifs is 1. The van der Waals surface area contributed by atoms with Crippen LogP contribution in [0.3, 0.4) is 0 Å². The van der Waals surface area contributed by atoms with Crippen LogP contribution in [0.15, 0.2) is 16.9 Å². The molecule has 3 atom stereocenters. The van der Waals surface area contributed by atoms with E-state index in [0.29, 0.717) is 12.1 Å². The second-order valence-corrected chi connectivity index (χ2v) is 6.98. The van der Waals surface area contributed by atoms with Crippen LogP contribution in [0.4, 0.5) is 0 Å². The van der Waals surface area contributed by atoms with Gasteiger partial charge in [0.25, 0.3) is 0 Å². The largest absolute Gasteiger partial charge is 0.326 e. The Morgan fingerprint density at radius 1 is 1.15 bits per heavy atom. The second kappa shape index (κ2) is 5.72. The Labute approximate surface area is 121 Å². The van der Waals surface area contributed by atoms with Crippen molar-refractivity contribution in [1.82, 2.24) is 10.3 Å². The first-order chi connectivity index (χ1) is 9.61. The summed E-state index contributed by atoms with van der Waals surface area (Å²) in [6.45, 7) is 4.74. The predicted molar refractivity (Wildman–Crippen MR) is 81.8 cm³/mol. The zero-order valence-electron chi connectivity index (χ0n) is 12.6. The molecule has 0 aromatic carbocycles. The van der Waals surface area contributed by atoms with E-state index in [9.17, 15) is 4.79 Å². The fraction of sp³-hybridized carbons (Fsp3) is 0.706. The standard InChI is InChI=1S/C17H26N2O/c1-11-8-12(2)10-13(9-11)18-15-4-3-5-16-14(15)6-7-17(20)19-16/h6-7,11-13,15,18H,3-5,8-10H2,1-2H3,(H,19,20). The van der Waals surface area contributed by atoms with E-state index in [2.05, 4.69) is 24.1 Å².